The van der Waals surface area contributed by atoms with Crippen LogP contribution < -0.4 is 0 Å². The second kappa shape index (κ2) is 8.04. The Morgan fingerprint density at radius 2 is 1.41 bits per heavy atom. The van der Waals surface area contributed by atoms with E-state index in [2.05, 4.69) is 22.1 Å². The smallest absolute Gasteiger partial charge is 0.0701 e. The van der Waals surface area contributed by atoms with Gasteiger partial charge in [0, 0.05) is 24.0 Å². The van der Waals surface area contributed by atoms with Crippen molar-refractivity contribution in [3.8, 4) is 0 Å². The summed E-state index contributed by atoms with van der Waals surface area (Å²) in [5, 5.41) is 1.20. The summed E-state index contributed by atoms with van der Waals surface area (Å²) >= 11 is 0. The van der Waals surface area contributed by atoms with Gasteiger partial charge in [-0.3, -0.25) is 4.98 Å². The van der Waals surface area contributed by atoms with Crippen molar-refractivity contribution in [1.82, 2.24) is 9.97 Å². The highest BCUT2D eigenvalue weighted by molar-refractivity contribution is 5.77. The van der Waals surface area contributed by atoms with Crippen molar-refractivity contribution in [2.45, 2.75) is 0 Å². The van der Waals surface area contributed by atoms with Crippen molar-refractivity contribution in [2.75, 3.05) is 0 Å². The van der Waals surface area contributed by atoms with Crippen molar-refractivity contribution in [3.05, 3.63) is 67.1 Å². The number of rotatable bonds is 0. The zero-order valence-electron chi connectivity index (χ0n) is 9.30. The Morgan fingerprint density at radius 3 is 2.00 bits per heavy atom. The molecule has 0 unspecified atom stereocenters. The van der Waals surface area contributed by atoms with E-state index in [4.69, 9.17) is 0 Å². The van der Waals surface area contributed by atoms with Crippen LogP contribution in [0.5, 0.6) is 0 Å². The summed E-state index contributed by atoms with van der Waals surface area (Å²) in [7, 11) is 0. The summed E-state index contributed by atoms with van der Waals surface area (Å²) in [4.78, 5) is 7.04. The number of aromatic amines is 1. The lowest BCUT2D eigenvalue weighted by Gasteiger charge is -1.91. The van der Waals surface area contributed by atoms with Crippen molar-refractivity contribution in [2.24, 2.45) is 0 Å². The molecule has 0 aliphatic rings. The minimum atomic E-state index is 0. The number of para-hydroxylation sites is 1. The number of H-pyrrole nitrogens is 1. The summed E-state index contributed by atoms with van der Waals surface area (Å²) in [5.74, 6) is 0. The molecule has 5 N–H and O–H groups in total. The summed E-state index contributed by atoms with van der Waals surface area (Å²) in [6.07, 6.45) is 5.56. The maximum absolute atomic E-state index is 4.18. The molecular weight excluding hydrogens is 216 g/mol. The molecule has 0 saturated heterocycles. The largest absolute Gasteiger partial charge is 0.412 e. The Hall–Kier alpha value is -2.17. The summed E-state index contributed by atoms with van der Waals surface area (Å²) in [5.41, 5.74) is 1.06. The molecule has 4 heteroatoms. The van der Waals surface area contributed by atoms with Crippen molar-refractivity contribution in [1.29, 1.82) is 0 Å². The summed E-state index contributed by atoms with van der Waals surface area (Å²) in [6, 6.07) is 16.0. The minimum absolute atomic E-state index is 0. The number of nitrogens with one attached hydrogen (secondary N) is 1. The van der Waals surface area contributed by atoms with Crippen LogP contribution in [0.15, 0.2) is 67.1 Å². The maximum atomic E-state index is 4.18. The van der Waals surface area contributed by atoms with Crippen LogP contribution in [0.2, 0.25) is 0 Å². The highest BCUT2D eigenvalue weighted by Gasteiger charge is 1.86. The first-order chi connectivity index (χ1) is 7.47. The van der Waals surface area contributed by atoms with Crippen LogP contribution in [0.25, 0.3) is 10.9 Å². The molecule has 0 fully saturated rings. The zero-order chi connectivity index (χ0) is 10.3. The van der Waals surface area contributed by atoms with E-state index in [1.807, 2.05) is 55.0 Å². The molecule has 0 bridgehead atoms. The van der Waals surface area contributed by atoms with Gasteiger partial charge in [0.2, 0.25) is 0 Å². The minimum Gasteiger partial charge on any atom is -0.412 e. The van der Waals surface area contributed by atoms with E-state index < -0.39 is 0 Å². The molecule has 4 nitrogen and oxygen atoms in total. The Morgan fingerprint density at radius 1 is 0.765 bits per heavy atom. The number of aromatic nitrogens is 2. The van der Waals surface area contributed by atoms with Crippen molar-refractivity contribution < 1.29 is 11.0 Å². The topological polar surface area (TPSA) is 91.7 Å². The van der Waals surface area contributed by atoms with Gasteiger partial charge in [0.25, 0.3) is 0 Å². The lowest BCUT2D eigenvalue weighted by atomic mass is 10.2. The van der Waals surface area contributed by atoms with Gasteiger partial charge in [-0.05, 0) is 24.3 Å². The van der Waals surface area contributed by atoms with Crippen LogP contribution in [0.1, 0.15) is 0 Å². The third kappa shape index (κ3) is 4.46. The van der Waals surface area contributed by atoms with Crippen LogP contribution in [-0.2, 0) is 0 Å². The fourth-order valence-corrected chi connectivity index (χ4v) is 1.29. The predicted molar refractivity (Wildman–Crippen MR) is 69.8 cm³/mol. The fourth-order valence-electron chi connectivity index (χ4n) is 1.29. The molecule has 0 amide bonds. The van der Waals surface area contributed by atoms with Gasteiger partial charge in [-0.15, -0.1) is 0 Å². The molecule has 0 saturated carbocycles. The van der Waals surface area contributed by atoms with E-state index >= 15 is 0 Å². The molecule has 0 aliphatic heterocycles. The van der Waals surface area contributed by atoms with Gasteiger partial charge < -0.3 is 15.9 Å². The standard InChI is InChI=1S/C9H7N.C4H5N.2H2O/c1-2-6-9-8(4-1)5-3-7-10-9;1-2-4-5-3-1;;/h1-7H;1-5H;2*1H2. The van der Waals surface area contributed by atoms with E-state index in [1.54, 1.807) is 0 Å². The maximum Gasteiger partial charge on any atom is 0.0701 e. The molecule has 2 aromatic heterocycles. The lowest BCUT2D eigenvalue weighted by Crippen LogP contribution is -1.73. The van der Waals surface area contributed by atoms with Crippen LogP contribution in [0.3, 0.4) is 0 Å². The van der Waals surface area contributed by atoms with E-state index in [9.17, 15) is 0 Å². The number of pyridine rings is 1. The van der Waals surface area contributed by atoms with Gasteiger partial charge >= 0.3 is 0 Å². The molecule has 0 atom stereocenters. The predicted octanol–water partition coefficient (Wildman–Crippen LogP) is 1.60. The first kappa shape index (κ1) is 14.8. The van der Waals surface area contributed by atoms with Gasteiger partial charge in [-0.2, -0.15) is 0 Å². The molecule has 2 heterocycles. The Labute approximate surface area is 99.6 Å². The van der Waals surface area contributed by atoms with Gasteiger partial charge in [-0.1, -0.05) is 24.3 Å². The second-order valence-corrected chi connectivity index (χ2v) is 3.08. The lowest BCUT2D eigenvalue weighted by molar-refractivity contribution is 0.823. The van der Waals surface area contributed by atoms with Crippen LogP contribution in [0.4, 0.5) is 0 Å². The Bertz CT molecular complexity index is 427. The molecule has 1 aromatic carbocycles. The molecule has 3 aromatic rings. The highest BCUT2D eigenvalue weighted by Crippen LogP contribution is 2.07. The highest BCUT2D eigenvalue weighted by atomic mass is 16.0. The number of benzene rings is 1. The third-order valence-electron chi connectivity index (χ3n) is 2.01. The summed E-state index contributed by atoms with van der Waals surface area (Å²) in [6.45, 7) is 0. The molecule has 17 heavy (non-hydrogen) atoms. The Kier molecular flexibility index (Phi) is 7.01. The van der Waals surface area contributed by atoms with E-state index in [1.165, 1.54) is 5.39 Å². The fraction of sp³-hybridized carbons (Fsp3) is 0. The number of fused-ring (bicyclic) bond motifs is 1. The quantitative estimate of drug-likeness (QED) is 0.626. The van der Waals surface area contributed by atoms with Crippen LogP contribution >= 0.6 is 0 Å². The molecule has 3 rings (SSSR count). The molecule has 0 spiro atoms. The molecular formula is C13H16N2O2. The molecule has 0 aliphatic carbocycles. The number of hydrogen-bond donors (Lipinski definition) is 1. The van der Waals surface area contributed by atoms with Crippen LogP contribution in [0, 0.1) is 0 Å². The van der Waals surface area contributed by atoms with Crippen LogP contribution in [-0.4, -0.2) is 20.9 Å². The molecule has 90 valence electrons. The average Bonchev–Trinajstić information content (AvgIpc) is 2.88. The van der Waals surface area contributed by atoms with Gasteiger partial charge in [0.05, 0.1) is 5.52 Å². The van der Waals surface area contributed by atoms with Gasteiger partial charge in [0.15, 0.2) is 0 Å². The zero-order valence-corrected chi connectivity index (χ0v) is 9.30. The Balaban J connectivity index is 0.000000318. The SMILES string of the molecule is O.O.c1cc[nH]c1.c1ccc2ncccc2c1. The normalized spacial score (nSPS) is 8.24. The van der Waals surface area contributed by atoms with Crippen molar-refractivity contribution in [3.63, 3.8) is 0 Å². The summed E-state index contributed by atoms with van der Waals surface area (Å²) < 4.78 is 0. The first-order valence-electron chi connectivity index (χ1n) is 4.84. The number of nitrogens with zero attached hydrogens (tertiary/aromatic N) is 1. The second-order valence-electron chi connectivity index (χ2n) is 3.08. The molecule has 0 radical (unpaired) electrons. The van der Waals surface area contributed by atoms with Gasteiger partial charge in [-0.25, -0.2) is 0 Å². The average molecular weight is 232 g/mol. The van der Waals surface area contributed by atoms with E-state index in [0.717, 1.165) is 5.52 Å². The van der Waals surface area contributed by atoms with Gasteiger partial charge in [0.1, 0.15) is 0 Å². The first-order valence-corrected chi connectivity index (χ1v) is 4.84. The monoisotopic (exact) mass is 232 g/mol. The van der Waals surface area contributed by atoms with Crippen molar-refractivity contribution >= 4 is 10.9 Å². The van der Waals surface area contributed by atoms with E-state index in [0.29, 0.717) is 0 Å². The third-order valence-corrected chi connectivity index (χ3v) is 2.01. The van der Waals surface area contributed by atoms with E-state index in [-0.39, 0.29) is 11.0 Å². The number of hydrogen-bond acceptors (Lipinski definition) is 1.